The second-order valence-electron chi connectivity index (χ2n) is 6.72. The van der Waals surface area contributed by atoms with E-state index in [1.165, 1.54) is 19.3 Å². The third-order valence-electron chi connectivity index (χ3n) is 4.92. The molecule has 0 aromatic carbocycles. The molecule has 1 N–H and O–H groups in total. The van der Waals surface area contributed by atoms with Gasteiger partial charge in [0, 0.05) is 20.2 Å². The molecule has 2 fully saturated rings. The maximum absolute atomic E-state index is 12.9. The molecule has 1 aliphatic carbocycles. The number of ether oxygens (including phenoxy) is 1. The number of carbonyl (C=O) groups is 1. The Labute approximate surface area is 129 Å². The highest BCUT2D eigenvalue weighted by Gasteiger charge is 2.43. The maximum Gasteiger partial charge on any atom is 0.240 e. The van der Waals surface area contributed by atoms with Gasteiger partial charge >= 0.3 is 0 Å². The van der Waals surface area contributed by atoms with Gasteiger partial charge in [-0.15, -0.1) is 0 Å². The molecule has 3 atom stereocenters. The molecule has 1 amide bonds. The van der Waals surface area contributed by atoms with Crippen LogP contribution in [0.4, 0.5) is 0 Å². The van der Waals surface area contributed by atoms with Crippen molar-refractivity contribution in [3.8, 4) is 0 Å². The van der Waals surface area contributed by atoms with Crippen molar-refractivity contribution in [2.45, 2.75) is 31.7 Å². The summed E-state index contributed by atoms with van der Waals surface area (Å²) in [6.45, 7) is 4.20. The van der Waals surface area contributed by atoms with Crippen LogP contribution in [-0.2, 0) is 9.53 Å². The Morgan fingerprint density at radius 1 is 1.24 bits per heavy atom. The van der Waals surface area contributed by atoms with Gasteiger partial charge < -0.3 is 19.9 Å². The Kier molecular flexibility index (Phi) is 6.45. The SMILES string of the molecule is COCCN(CCCN(C)C)C(=O)C1NCC2CCCC21. The van der Waals surface area contributed by atoms with Crippen LogP contribution in [0.15, 0.2) is 0 Å². The Morgan fingerprint density at radius 2 is 2.05 bits per heavy atom. The molecular weight excluding hydrogens is 266 g/mol. The van der Waals surface area contributed by atoms with Crippen molar-refractivity contribution >= 4 is 5.91 Å². The van der Waals surface area contributed by atoms with Crippen molar-refractivity contribution in [1.82, 2.24) is 15.1 Å². The van der Waals surface area contributed by atoms with Crippen molar-refractivity contribution in [3.63, 3.8) is 0 Å². The first-order chi connectivity index (χ1) is 10.1. The summed E-state index contributed by atoms with van der Waals surface area (Å²) in [6.07, 6.45) is 4.81. The quantitative estimate of drug-likeness (QED) is 0.720. The molecule has 1 saturated heterocycles. The van der Waals surface area contributed by atoms with Gasteiger partial charge in [0.25, 0.3) is 0 Å². The van der Waals surface area contributed by atoms with Crippen molar-refractivity contribution in [2.75, 3.05) is 54.0 Å². The summed E-state index contributed by atoms with van der Waals surface area (Å²) in [5.41, 5.74) is 0. The van der Waals surface area contributed by atoms with E-state index >= 15 is 0 Å². The number of rotatable bonds is 8. The topological polar surface area (TPSA) is 44.8 Å². The first-order valence-electron chi connectivity index (χ1n) is 8.29. The zero-order valence-electron chi connectivity index (χ0n) is 13.8. The number of hydrogen-bond acceptors (Lipinski definition) is 4. The second kappa shape index (κ2) is 8.11. The first-order valence-corrected chi connectivity index (χ1v) is 8.29. The van der Waals surface area contributed by atoms with E-state index in [4.69, 9.17) is 4.74 Å². The van der Waals surface area contributed by atoms with Crippen LogP contribution in [0.25, 0.3) is 0 Å². The third kappa shape index (κ3) is 4.41. The normalized spacial score (nSPS) is 28.1. The summed E-state index contributed by atoms with van der Waals surface area (Å²) < 4.78 is 5.17. The molecule has 2 aliphatic rings. The molecule has 122 valence electrons. The van der Waals surface area contributed by atoms with E-state index in [-0.39, 0.29) is 6.04 Å². The highest BCUT2D eigenvalue weighted by atomic mass is 16.5. The van der Waals surface area contributed by atoms with Gasteiger partial charge in [0.1, 0.15) is 0 Å². The van der Waals surface area contributed by atoms with Crippen LogP contribution in [0.5, 0.6) is 0 Å². The lowest BCUT2D eigenvalue weighted by atomic mass is 9.93. The number of amides is 1. The highest BCUT2D eigenvalue weighted by Crippen LogP contribution is 2.38. The Balaban J connectivity index is 1.89. The summed E-state index contributed by atoms with van der Waals surface area (Å²) in [4.78, 5) is 17.0. The molecule has 3 unspecified atom stereocenters. The van der Waals surface area contributed by atoms with Crippen LogP contribution in [-0.4, -0.2) is 75.7 Å². The predicted octanol–water partition coefficient (Wildman–Crippen LogP) is 0.801. The number of carbonyl (C=O) groups excluding carboxylic acids is 1. The number of nitrogens with zero attached hydrogens (tertiary/aromatic N) is 2. The van der Waals surface area contributed by atoms with Gasteiger partial charge in [0.05, 0.1) is 12.6 Å². The van der Waals surface area contributed by atoms with Crippen LogP contribution >= 0.6 is 0 Å². The van der Waals surface area contributed by atoms with Crippen LogP contribution in [0.3, 0.4) is 0 Å². The molecular formula is C16H31N3O2. The molecule has 0 bridgehead atoms. The van der Waals surface area contributed by atoms with E-state index < -0.39 is 0 Å². The van der Waals surface area contributed by atoms with Crippen LogP contribution < -0.4 is 5.32 Å². The van der Waals surface area contributed by atoms with E-state index in [9.17, 15) is 4.79 Å². The van der Waals surface area contributed by atoms with E-state index in [1.54, 1.807) is 7.11 Å². The fourth-order valence-electron chi connectivity index (χ4n) is 3.77. The largest absolute Gasteiger partial charge is 0.383 e. The molecule has 5 heteroatoms. The van der Waals surface area contributed by atoms with Gasteiger partial charge in [0.15, 0.2) is 0 Å². The Hall–Kier alpha value is -0.650. The van der Waals surface area contributed by atoms with E-state index in [0.717, 1.165) is 32.0 Å². The summed E-state index contributed by atoms with van der Waals surface area (Å²) >= 11 is 0. The fraction of sp³-hybridized carbons (Fsp3) is 0.938. The van der Waals surface area contributed by atoms with Gasteiger partial charge in [0.2, 0.25) is 5.91 Å². The number of fused-ring (bicyclic) bond motifs is 1. The number of methoxy groups -OCH3 is 1. The van der Waals surface area contributed by atoms with Crippen LogP contribution in [0, 0.1) is 11.8 Å². The molecule has 0 aromatic rings. The maximum atomic E-state index is 12.9. The van der Waals surface area contributed by atoms with Gasteiger partial charge in [-0.3, -0.25) is 4.79 Å². The molecule has 2 rings (SSSR count). The monoisotopic (exact) mass is 297 g/mol. The zero-order chi connectivity index (χ0) is 15.2. The smallest absolute Gasteiger partial charge is 0.240 e. The fourth-order valence-corrected chi connectivity index (χ4v) is 3.77. The summed E-state index contributed by atoms with van der Waals surface area (Å²) in [5.74, 6) is 1.58. The minimum atomic E-state index is 0.0497. The third-order valence-corrected chi connectivity index (χ3v) is 4.92. The predicted molar refractivity (Wildman–Crippen MR) is 84.2 cm³/mol. The average molecular weight is 297 g/mol. The molecule has 0 aromatic heterocycles. The summed E-state index contributed by atoms with van der Waals surface area (Å²) in [7, 11) is 5.84. The lowest BCUT2D eigenvalue weighted by Crippen LogP contribution is -2.48. The van der Waals surface area contributed by atoms with E-state index in [2.05, 4.69) is 24.3 Å². The second-order valence-corrected chi connectivity index (χ2v) is 6.72. The van der Waals surface area contributed by atoms with Crippen molar-refractivity contribution in [1.29, 1.82) is 0 Å². The molecule has 1 heterocycles. The van der Waals surface area contributed by atoms with E-state index in [1.807, 2.05) is 4.90 Å². The van der Waals surface area contributed by atoms with E-state index in [0.29, 0.717) is 25.0 Å². The molecule has 5 nitrogen and oxygen atoms in total. The molecule has 1 saturated carbocycles. The molecule has 21 heavy (non-hydrogen) atoms. The van der Waals surface area contributed by atoms with Gasteiger partial charge in [-0.1, -0.05) is 6.42 Å². The first kappa shape index (κ1) is 16.7. The van der Waals surface area contributed by atoms with Crippen molar-refractivity contribution < 1.29 is 9.53 Å². The van der Waals surface area contributed by atoms with Gasteiger partial charge in [-0.25, -0.2) is 0 Å². The molecule has 1 aliphatic heterocycles. The van der Waals surface area contributed by atoms with Gasteiger partial charge in [-0.2, -0.15) is 0 Å². The molecule has 0 spiro atoms. The number of nitrogens with one attached hydrogen (secondary N) is 1. The van der Waals surface area contributed by atoms with Crippen LogP contribution in [0.2, 0.25) is 0 Å². The standard InChI is InChI=1S/C16H31N3O2/c1-18(2)8-5-9-19(10-11-21-3)16(20)15-14-7-4-6-13(14)12-17-15/h13-15,17H,4-12H2,1-3H3. The lowest BCUT2D eigenvalue weighted by Gasteiger charge is -2.28. The highest BCUT2D eigenvalue weighted by molar-refractivity contribution is 5.82. The average Bonchev–Trinajstić information content (AvgIpc) is 3.04. The van der Waals surface area contributed by atoms with Crippen molar-refractivity contribution in [3.05, 3.63) is 0 Å². The van der Waals surface area contributed by atoms with Gasteiger partial charge in [-0.05, 0) is 58.3 Å². The summed E-state index contributed by atoms with van der Waals surface area (Å²) in [5, 5.41) is 3.47. The molecule has 0 radical (unpaired) electrons. The summed E-state index contributed by atoms with van der Waals surface area (Å²) in [6, 6.07) is 0.0497. The minimum absolute atomic E-state index is 0.0497. The lowest BCUT2D eigenvalue weighted by molar-refractivity contribution is -0.135. The van der Waals surface area contributed by atoms with Crippen molar-refractivity contribution in [2.24, 2.45) is 11.8 Å². The zero-order valence-corrected chi connectivity index (χ0v) is 13.8. The Morgan fingerprint density at radius 3 is 2.76 bits per heavy atom. The minimum Gasteiger partial charge on any atom is -0.383 e. The number of hydrogen-bond donors (Lipinski definition) is 1. The van der Waals surface area contributed by atoms with Crippen LogP contribution in [0.1, 0.15) is 25.7 Å². The Bertz CT molecular complexity index is 335.